The average Bonchev–Trinajstić information content (AvgIpc) is 3.26. The number of aromatic nitrogens is 4. The zero-order chi connectivity index (χ0) is 17.4. The molecule has 0 atom stereocenters. The van der Waals surface area contributed by atoms with Crippen molar-refractivity contribution in [3.8, 4) is 0 Å². The predicted molar refractivity (Wildman–Crippen MR) is 96.7 cm³/mol. The molecule has 128 valence electrons. The number of nitrogens with one attached hydrogen (secondary N) is 1. The van der Waals surface area contributed by atoms with Crippen molar-refractivity contribution < 1.29 is 4.79 Å². The van der Waals surface area contributed by atoms with Gasteiger partial charge in [0.05, 0.1) is 34.7 Å². The van der Waals surface area contributed by atoms with E-state index < -0.39 is 0 Å². The summed E-state index contributed by atoms with van der Waals surface area (Å²) >= 11 is 0. The first kappa shape index (κ1) is 15.7. The lowest BCUT2D eigenvalue weighted by atomic mass is 10.1. The van der Waals surface area contributed by atoms with E-state index in [-0.39, 0.29) is 5.91 Å². The third-order valence-electron chi connectivity index (χ3n) is 4.92. The Labute approximate surface area is 146 Å². The monoisotopic (exact) mass is 335 g/mol. The van der Waals surface area contributed by atoms with Crippen molar-refractivity contribution in [1.82, 2.24) is 19.7 Å². The van der Waals surface area contributed by atoms with Crippen molar-refractivity contribution >= 4 is 22.8 Å². The number of carbonyl (C=O) groups is 1. The van der Waals surface area contributed by atoms with Crippen LogP contribution in [0.15, 0.2) is 30.5 Å². The van der Waals surface area contributed by atoms with Crippen LogP contribution in [0.3, 0.4) is 0 Å². The smallest absolute Gasteiger partial charge is 0.256 e. The molecule has 0 bridgehead atoms. The molecule has 2 heterocycles. The zero-order valence-corrected chi connectivity index (χ0v) is 14.5. The van der Waals surface area contributed by atoms with Crippen LogP contribution in [0.5, 0.6) is 0 Å². The molecule has 0 saturated heterocycles. The number of rotatable bonds is 3. The lowest BCUT2D eigenvalue weighted by Crippen LogP contribution is -2.17. The molecule has 3 aromatic rings. The van der Waals surface area contributed by atoms with Crippen LogP contribution >= 0.6 is 0 Å². The molecule has 0 aliphatic heterocycles. The number of anilines is 1. The number of carbonyl (C=O) groups excluding carboxylic acids is 1. The molecule has 25 heavy (non-hydrogen) atoms. The van der Waals surface area contributed by atoms with Crippen molar-refractivity contribution in [3.05, 3.63) is 47.4 Å². The summed E-state index contributed by atoms with van der Waals surface area (Å²) in [6.07, 6.45) is 6.43. The van der Waals surface area contributed by atoms with E-state index in [1.807, 2.05) is 30.7 Å². The molecule has 1 N–H and O–H groups in total. The van der Waals surface area contributed by atoms with E-state index in [0.29, 0.717) is 11.6 Å². The van der Waals surface area contributed by atoms with Crippen LogP contribution in [0.1, 0.15) is 53.5 Å². The van der Waals surface area contributed by atoms with E-state index in [4.69, 9.17) is 0 Å². The van der Waals surface area contributed by atoms with E-state index in [9.17, 15) is 4.79 Å². The highest BCUT2D eigenvalue weighted by Gasteiger charge is 2.21. The summed E-state index contributed by atoms with van der Waals surface area (Å²) in [5.74, 6) is 0.602. The minimum Gasteiger partial charge on any atom is -0.307 e. The van der Waals surface area contributed by atoms with Gasteiger partial charge in [-0.1, -0.05) is 12.8 Å². The van der Waals surface area contributed by atoms with Gasteiger partial charge in [0.1, 0.15) is 5.82 Å². The summed E-state index contributed by atoms with van der Waals surface area (Å²) in [7, 11) is 0. The molecular formula is C19H21N5O. The van der Waals surface area contributed by atoms with E-state index in [2.05, 4.69) is 20.4 Å². The van der Waals surface area contributed by atoms with Gasteiger partial charge in [0.2, 0.25) is 0 Å². The van der Waals surface area contributed by atoms with Crippen molar-refractivity contribution in [2.75, 3.05) is 5.32 Å². The van der Waals surface area contributed by atoms with Crippen molar-refractivity contribution in [1.29, 1.82) is 0 Å². The fourth-order valence-electron chi connectivity index (χ4n) is 3.41. The molecule has 2 aromatic heterocycles. The quantitative estimate of drug-likeness (QED) is 0.790. The van der Waals surface area contributed by atoms with Crippen LogP contribution in [0.25, 0.3) is 11.0 Å². The fraction of sp³-hybridized carbons (Fsp3) is 0.368. The van der Waals surface area contributed by atoms with Gasteiger partial charge >= 0.3 is 0 Å². The second kappa shape index (κ2) is 6.27. The molecule has 1 fully saturated rings. The van der Waals surface area contributed by atoms with Crippen LogP contribution in [0.4, 0.5) is 5.82 Å². The molecular weight excluding hydrogens is 314 g/mol. The number of hydrogen-bond acceptors (Lipinski definition) is 4. The van der Waals surface area contributed by atoms with Gasteiger partial charge in [-0.05, 0) is 44.9 Å². The number of nitrogens with zero attached hydrogens (tertiary/aromatic N) is 4. The summed E-state index contributed by atoms with van der Waals surface area (Å²) < 4.78 is 1.94. The first-order valence-electron chi connectivity index (χ1n) is 8.72. The Morgan fingerprint density at radius 2 is 1.80 bits per heavy atom. The molecule has 1 aromatic carbocycles. The third-order valence-corrected chi connectivity index (χ3v) is 4.92. The normalized spacial score (nSPS) is 15.0. The maximum Gasteiger partial charge on any atom is 0.256 e. The lowest BCUT2D eigenvalue weighted by Gasteiger charge is -2.14. The average molecular weight is 335 g/mol. The zero-order valence-electron chi connectivity index (χ0n) is 14.5. The van der Waals surface area contributed by atoms with E-state index in [1.165, 1.54) is 12.8 Å². The van der Waals surface area contributed by atoms with Gasteiger partial charge < -0.3 is 5.32 Å². The number of fused-ring (bicyclic) bond motifs is 1. The Morgan fingerprint density at radius 1 is 1.08 bits per heavy atom. The highest BCUT2D eigenvalue weighted by molar-refractivity contribution is 6.05. The van der Waals surface area contributed by atoms with Gasteiger partial charge in [0.15, 0.2) is 0 Å². The van der Waals surface area contributed by atoms with Crippen LogP contribution in [0, 0.1) is 13.8 Å². The molecule has 0 unspecified atom stereocenters. The lowest BCUT2D eigenvalue weighted by molar-refractivity contribution is 0.102. The number of hydrogen-bond donors (Lipinski definition) is 1. The van der Waals surface area contributed by atoms with E-state index in [0.717, 1.165) is 41.1 Å². The third kappa shape index (κ3) is 2.99. The minimum absolute atomic E-state index is 0.151. The largest absolute Gasteiger partial charge is 0.307 e. The first-order chi connectivity index (χ1) is 12.1. The summed E-state index contributed by atoms with van der Waals surface area (Å²) in [5, 5.41) is 7.38. The van der Waals surface area contributed by atoms with Crippen LogP contribution in [0.2, 0.25) is 0 Å². The second-order valence-electron chi connectivity index (χ2n) is 6.65. The molecule has 1 aliphatic carbocycles. The second-order valence-corrected chi connectivity index (χ2v) is 6.65. The standard InChI is InChI=1S/C19H21N5O/c1-12-13(2)22-17-11-14(7-8-16(17)21-12)19(25)23-18-9-10-20-24(18)15-5-3-4-6-15/h7-11,15H,3-6H2,1-2H3,(H,23,25). The maximum atomic E-state index is 12.7. The molecule has 1 amide bonds. The Balaban J connectivity index is 1.60. The van der Waals surface area contributed by atoms with Crippen molar-refractivity contribution in [2.24, 2.45) is 0 Å². The Morgan fingerprint density at radius 3 is 2.56 bits per heavy atom. The van der Waals surface area contributed by atoms with E-state index >= 15 is 0 Å². The molecule has 1 saturated carbocycles. The maximum absolute atomic E-state index is 12.7. The predicted octanol–water partition coefficient (Wildman–Crippen LogP) is 3.81. The van der Waals surface area contributed by atoms with Crippen molar-refractivity contribution in [2.45, 2.75) is 45.6 Å². The molecule has 0 spiro atoms. The van der Waals surface area contributed by atoms with Crippen LogP contribution in [-0.4, -0.2) is 25.7 Å². The molecule has 6 heteroatoms. The van der Waals surface area contributed by atoms with E-state index in [1.54, 1.807) is 18.3 Å². The summed E-state index contributed by atoms with van der Waals surface area (Å²) in [4.78, 5) is 21.7. The van der Waals surface area contributed by atoms with Gasteiger partial charge in [0, 0.05) is 11.6 Å². The summed E-state index contributed by atoms with van der Waals surface area (Å²) in [5.41, 5.74) is 3.90. The molecule has 6 nitrogen and oxygen atoms in total. The first-order valence-corrected chi connectivity index (χ1v) is 8.72. The van der Waals surface area contributed by atoms with Crippen LogP contribution in [-0.2, 0) is 0 Å². The topological polar surface area (TPSA) is 72.7 Å². The van der Waals surface area contributed by atoms with Gasteiger partial charge in [0.25, 0.3) is 5.91 Å². The number of benzene rings is 1. The summed E-state index contributed by atoms with van der Waals surface area (Å²) in [6, 6.07) is 7.67. The number of amides is 1. The molecule has 1 aliphatic rings. The van der Waals surface area contributed by atoms with Gasteiger partial charge in [-0.15, -0.1) is 0 Å². The van der Waals surface area contributed by atoms with Crippen molar-refractivity contribution in [3.63, 3.8) is 0 Å². The Hall–Kier alpha value is -2.76. The highest BCUT2D eigenvalue weighted by atomic mass is 16.1. The van der Waals surface area contributed by atoms with Gasteiger partial charge in [-0.25, -0.2) is 14.6 Å². The Kier molecular flexibility index (Phi) is 3.95. The van der Waals surface area contributed by atoms with Gasteiger partial charge in [-0.3, -0.25) is 4.79 Å². The van der Waals surface area contributed by atoms with Crippen LogP contribution < -0.4 is 5.32 Å². The molecule has 4 rings (SSSR count). The molecule has 0 radical (unpaired) electrons. The highest BCUT2D eigenvalue weighted by Crippen LogP contribution is 2.31. The minimum atomic E-state index is -0.151. The number of aryl methyl sites for hydroxylation is 2. The summed E-state index contributed by atoms with van der Waals surface area (Å²) in [6.45, 7) is 3.86. The SMILES string of the molecule is Cc1nc2ccc(C(=O)Nc3ccnn3C3CCCC3)cc2nc1C. The van der Waals surface area contributed by atoms with Gasteiger partial charge in [-0.2, -0.15) is 5.10 Å². The Bertz CT molecular complexity index is 940. The fourth-order valence-corrected chi connectivity index (χ4v) is 3.41.